The van der Waals surface area contributed by atoms with E-state index in [4.69, 9.17) is 9.47 Å². The van der Waals surface area contributed by atoms with Gasteiger partial charge in [0.25, 0.3) is 0 Å². The predicted molar refractivity (Wildman–Crippen MR) is 83.8 cm³/mol. The van der Waals surface area contributed by atoms with Gasteiger partial charge in [0.1, 0.15) is 11.5 Å². The van der Waals surface area contributed by atoms with Crippen molar-refractivity contribution >= 4 is 0 Å². The van der Waals surface area contributed by atoms with Crippen molar-refractivity contribution in [2.45, 2.75) is 39.3 Å². The Morgan fingerprint density at radius 3 is 2.19 bits per heavy atom. The quantitative estimate of drug-likeness (QED) is 0.927. The summed E-state index contributed by atoms with van der Waals surface area (Å²) in [6.07, 6.45) is 0.775. The molecule has 1 atom stereocenters. The molecule has 1 aliphatic heterocycles. The zero-order valence-electron chi connectivity index (χ0n) is 13.8. The highest BCUT2D eigenvalue weighted by atomic mass is 16.5. The molecule has 0 radical (unpaired) electrons. The molecule has 118 valence electrons. The molecule has 21 heavy (non-hydrogen) atoms. The molecule has 1 aromatic carbocycles. The minimum absolute atomic E-state index is 0.138. The number of hydrogen-bond acceptors (Lipinski definition) is 4. The summed E-state index contributed by atoms with van der Waals surface area (Å²) in [5.41, 5.74) is 0.314. The van der Waals surface area contributed by atoms with Crippen LogP contribution in [0.2, 0.25) is 0 Å². The molecular weight excluding hydrogens is 266 g/mol. The number of piperidine rings is 1. The summed E-state index contributed by atoms with van der Waals surface area (Å²) in [6, 6.07) is 5.86. The maximum Gasteiger partial charge on any atom is 0.127 e. The molecular formula is C17H27NO3. The van der Waals surface area contributed by atoms with Crippen LogP contribution in [0, 0.1) is 5.41 Å². The zero-order chi connectivity index (χ0) is 15.7. The summed E-state index contributed by atoms with van der Waals surface area (Å²) in [6.45, 7) is 8.68. The highest BCUT2D eigenvalue weighted by Crippen LogP contribution is 2.39. The molecule has 4 nitrogen and oxygen atoms in total. The number of methoxy groups -OCH3 is 2. The third-order valence-electron chi connectivity index (χ3n) is 4.90. The summed E-state index contributed by atoms with van der Waals surface area (Å²) < 4.78 is 10.9. The van der Waals surface area contributed by atoms with E-state index in [9.17, 15) is 5.11 Å². The van der Waals surface area contributed by atoms with Crippen molar-refractivity contribution < 1.29 is 14.6 Å². The molecule has 1 N–H and O–H groups in total. The molecule has 0 aromatic heterocycles. The lowest BCUT2D eigenvalue weighted by atomic mass is 9.71. The first-order chi connectivity index (χ1) is 9.80. The van der Waals surface area contributed by atoms with Crippen molar-refractivity contribution in [2.24, 2.45) is 5.41 Å². The van der Waals surface area contributed by atoms with Crippen LogP contribution < -0.4 is 9.47 Å². The van der Waals surface area contributed by atoms with Crippen molar-refractivity contribution in [3.8, 4) is 11.5 Å². The Labute approximate surface area is 127 Å². The van der Waals surface area contributed by atoms with Crippen LogP contribution in [0.15, 0.2) is 18.2 Å². The van der Waals surface area contributed by atoms with Gasteiger partial charge in [0.05, 0.1) is 25.4 Å². The smallest absolute Gasteiger partial charge is 0.127 e. The second-order valence-corrected chi connectivity index (χ2v) is 6.76. The fourth-order valence-electron chi connectivity index (χ4n) is 2.96. The van der Waals surface area contributed by atoms with E-state index in [0.29, 0.717) is 0 Å². The fraction of sp³-hybridized carbons (Fsp3) is 0.647. The Balaban J connectivity index is 2.20. The van der Waals surface area contributed by atoms with Crippen LogP contribution in [-0.2, 0) is 6.54 Å². The van der Waals surface area contributed by atoms with E-state index in [1.807, 2.05) is 25.1 Å². The lowest BCUT2D eigenvalue weighted by Crippen LogP contribution is -2.55. The summed E-state index contributed by atoms with van der Waals surface area (Å²) in [7, 11) is 3.37. The molecule has 0 aliphatic carbocycles. The van der Waals surface area contributed by atoms with E-state index in [-0.39, 0.29) is 5.41 Å². The maximum absolute atomic E-state index is 10.5. The van der Waals surface area contributed by atoms with Gasteiger partial charge in [0.2, 0.25) is 0 Å². The van der Waals surface area contributed by atoms with Crippen LogP contribution in [0.25, 0.3) is 0 Å². The molecule has 1 aliphatic rings. The second kappa shape index (κ2) is 5.85. The van der Waals surface area contributed by atoms with Crippen LogP contribution >= 0.6 is 0 Å². The summed E-state index contributed by atoms with van der Waals surface area (Å²) >= 11 is 0. The summed E-state index contributed by atoms with van der Waals surface area (Å²) in [5.74, 6) is 1.70. The summed E-state index contributed by atoms with van der Waals surface area (Å²) in [5, 5.41) is 10.5. The highest BCUT2D eigenvalue weighted by molar-refractivity contribution is 5.44. The van der Waals surface area contributed by atoms with E-state index in [0.717, 1.165) is 43.1 Å². The lowest BCUT2D eigenvalue weighted by Gasteiger charge is -2.48. The maximum atomic E-state index is 10.5. The van der Waals surface area contributed by atoms with Crippen molar-refractivity contribution in [3.05, 3.63) is 23.8 Å². The standard InChI is InChI=1S/C17H27NO3/c1-16(2)12-18(10-9-17(16,3)19)11-13-14(20-4)7-6-8-15(13)21-5/h6-8,19H,9-12H2,1-5H3/t17-/m1/s1. The molecule has 1 fully saturated rings. The number of benzene rings is 1. The van der Waals surface area contributed by atoms with Gasteiger partial charge in [0.15, 0.2) is 0 Å². The van der Waals surface area contributed by atoms with Crippen LogP contribution in [0.1, 0.15) is 32.8 Å². The molecule has 1 aromatic rings. The Bertz CT molecular complexity index is 475. The molecule has 0 saturated carbocycles. The highest BCUT2D eigenvalue weighted by Gasteiger charge is 2.44. The van der Waals surface area contributed by atoms with Crippen molar-refractivity contribution in [2.75, 3.05) is 27.3 Å². The topological polar surface area (TPSA) is 41.9 Å². The first kappa shape index (κ1) is 16.1. The molecule has 0 spiro atoms. The Morgan fingerprint density at radius 2 is 1.71 bits per heavy atom. The summed E-state index contributed by atoms with van der Waals surface area (Å²) in [4.78, 5) is 2.36. The third-order valence-corrected chi connectivity index (χ3v) is 4.90. The monoisotopic (exact) mass is 293 g/mol. The average Bonchev–Trinajstić information content (AvgIpc) is 2.43. The van der Waals surface area contributed by atoms with Gasteiger partial charge in [-0.1, -0.05) is 19.9 Å². The van der Waals surface area contributed by atoms with Crippen molar-refractivity contribution in [1.29, 1.82) is 0 Å². The van der Waals surface area contributed by atoms with Crippen molar-refractivity contribution in [3.63, 3.8) is 0 Å². The molecule has 4 heteroatoms. The minimum atomic E-state index is -0.617. The molecule has 0 unspecified atom stereocenters. The molecule has 0 amide bonds. The van der Waals surface area contributed by atoms with E-state index < -0.39 is 5.60 Å². The van der Waals surface area contributed by atoms with Gasteiger partial charge < -0.3 is 14.6 Å². The van der Waals surface area contributed by atoms with Crippen LogP contribution in [-0.4, -0.2) is 42.9 Å². The molecule has 0 bridgehead atoms. The van der Waals surface area contributed by atoms with Crippen molar-refractivity contribution in [1.82, 2.24) is 4.90 Å². The number of hydrogen-bond donors (Lipinski definition) is 1. The van der Waals surface area contributed by atoms with E-state index >= 15 is 0 Å². The van der Waals surface area contributed by atoms with Crippen LogP contribution in [0.5, 0.6) is 11.5 Å². The Morgan fingerprint density at radius 1 is 1.14 bits per heavy atom. The normalized spacial score (nSPS) is 25.6. The number of ether oxygens (including phenoxy) is 2. The SMILES string of the molecule is COc1cccc(OC)c1CN1CC[C@@](C)(O)C(C)(C)C1. The van der Waals surface area contributed by atoms with E-state index in [2.05, 4.69) is 18.7 Å². The number of nitrogens with zero attached hydrogens (tertiary/aromatic N) is 1. The van der Waals surface area contributed by atoms with Gasteiger partial charge in [-0.05, 0) is 25.5 Å². The average molecular weight is 293 g/mol. The predicted octanol–water partition coefficient (Wildman–Crippen LogP) is 2.69. The van der Waals surface area contributed by atoms with Gasteiger partial charge in [-0.25, -0.2) is 0 Å². The van der Waals surface area contributed by atoms with Crippen LogP contribution in [0.3, 0.4) is 0 Å². The van der Waals surface area contributed by atoms with Gasteiger partial charge >= 0.3 is 0 Å². The number of likely N-dealkylation sites (tertiary alicyclic amines) is 1. The first-order valence-corrected chi connectivity index (χ1v) is 7.45. The molecule has 1 saturated heterocycles. The van der Waals surface area contributed by atoms with Gasteiger partial charge in [-0.3, -0.25) is 4.90 Å². The lowest BCUT2D eigenvalue weighted by molar-refractivity contribution is -0.107. The first-order valence-electron chi connectivity index (χ1n) is 7.45. The molecule has 1 heterocycles. The van der Waals surface area contributed by atoms with E-state index in [1.165, 1.54) is 0 Å². The van der Waals surface area contributed by atoms with Gasteiger partial charge in [-0.15, -0.1) is 0 Å². The zero-order valence-corrected chi connectivity index (χ0v) is 13.8. The third kappa shape index (κ3) is 3.16. The van der Waals surface area contributed by atoms with Gasteiger partial charge in [-0.2, -0.15) is 0 Å². The fourth-order valence-corrected chi connectivity index (χ4v) is 2.96. The number of aliphatic hydroxyl groups is 1. The largest absolute Gasteiger partial charge is 0.496 e. The van der Waals surface area contributed by atoms with E-state index in [1.54, 1.807) is 14.2 Å². The molecule has 2 rings (SSSR count). The number of rotatable bonds is 4. The minimum Gasteiger partial charge on any atom is -0.496 e. The Kier molecular flexibility index (Phi) is 4.49. The van der Waals surface area contributed by atoms with Crippen LogP contribution in [0.4, 0.5) is 0 Å². The second-order valence-electron chi connectivity index (χ2n) is 6.76. The van der Waals surface area contributed by atoms with Gasteiger partial charge in [0, 0.05) is 25.0 Å². The Hall–Kier alpha value is -1.26.